The fourth-order valence-electron chi connectivity index (χ4n) is 1.58. The standard InChI is InChI=1S/C15H13N5O/c1-11-4-2-5-13(8-11)20-14(21)12(9-16)10-19-15-17-6-3-7-18-15/h2-8,10H,1H3,(H,20,21)(H,17,18,19)/b12-10-. The zero-order valence-electron chi connectivity index (χ0n) is 11.4. The predicted molar refractivity (Wildman–Crippen MR) is 79.2 cm³/mol. The summed E-state index contributed by atoms with van der Waals surface area (Å²) in [6.07, 6.45) is 4.39. The molecule has 1 amide bonds. The summed E-state index contributed by atoms with van der Waals surface area (Å²) in [5.41, 5.74) is 1.59. The third kappa shape index (κ3) is 4.14. The van der Waals surface area contributed by atoms with E-state index in [2.05, 4.69) is 20.6 Å². The highest BCUT2D eigenvalue weighted by Crippen LogP contribution is 2.11. The maximum Gasteiger partial charge on any atom is 0.267 e. The van der Waals surface area contributed by atoms with E-state index in [-0.39, 0.29) is 5.57 Å². The Hall–Kier alpha value is -3.20. The monoisotopic (exact) mass is 279 g/mol. The number of nitrogens with zero attached hydrogens (tertiary/aromatic N) is 3. The van der Waals surface area contributed by atoms with E-state index in [0.29, 0.717) is 11.6 Å². The second-order valence-corrected chi connectivity index (χ2v) is 4.21. The van der Waals surface area contributed by atoms with Crippen molar-refractivity contribution in [2.24, 2.45) is 0 Å². The van der Waals surface area contributed by atoms with Gasteiger partial charge in [0.25, 0.3) is 5.91 Å². The Morgan fingerprint density at radius 2 is 2.05 bits per heavy atom. The summed E-state index contributed by atoms with van der Waals surface area (Å²) in [4.78, 5) is 19.9. The first kappa shape index (κ1) is 14.2. The van der Waals surface area contributed by atoms with Crippen LogP contribution in [0.2, 0.25) is 0 Å². The van der Waals surface area contributed by atoms with Crippen molar-refractivity contribution in [2.45, 2.75) is 6.92 Å². The SMILES string of the molecule is Cc1cccc(NC(=O)/C(C#N)=C\Nc2ncccn2)c1. The average molecular weight is 279 g/mol. The largest absolute Gasteiger partial charge is 0.329 e. The highest BCUT2D eigenvalue weighted by Gasteiger charge is 2.09. The molecule has 0 saturated carbocycles. The second kappa shape index (κ2) is 6.82. The van der Waals surface area contributed by atoms with Gasteiger partial charge in [-0.3, -0.25) is 4.79 Å². The molecule has 1 heterocycles. The molecule has 0 atom stereocenters. The molecule has 21 heavy (non-hydrogen) atoms. The van der Waals surface area contributed by atoms with Crippen molar-refractivity contribution >= 4 is 17.5 Å². The van der Waals surface area contributed by atoms with Gasteiger partial charge in [0, 0.05) is 24.3 Å². The number of nitrogens with one attached hydrogen (secondary N) is 2. The van der Waals surface area contributed by atoms with Gasteiger partial charge in [0.05, 0.1) is 0 Å². The molecule has 0 aliphatic carbocycles. The molecular weight excluding hydrogens is 266 g/mol. The molecule has 0 bridgehead atoms. The summed E-state index contributed by atoms with van der Waals surface area (Å²) in [6.45, 7) is 1.92. The number of rotatable bonds is 4. The smallest absolute Gasteiger partial charge is 0.267 e. The molecular formula is C15H13N5O. The lowest BCUT2D eigenvalue weighted by Gasteiger charge is -2.05. The number of aryl methyl sites for hydroxylation is 1. The highest BCUT2D eigenvalue weighted by molar-refractivity contribution is 6.06. The predicted octanol–water partition coefficient (Wildman–Crippen LogP) is 2.24. The maximum atomic E-state index is 12.0. The summed E-state index contributed by atoms with van der Waals surface area (Å²) in [5.74, 6) is -0.180. The van der Waals surface area contributed by atoms with Crippen molar-refractivity contribution in [3.05, 3.63) is 60.1 Å². The minimum Gasteiger partial charge on any atom is -0.329 e. The van der Waals surface area contributed by atoms with E-state index in [4.69, 9.17) is 5.26 Å². The first-order chi connectivity index (χ1) is 10.2. The lowest BCUT2D eigenvalue weighted by atomic mass is 10.2. The van der Waals surface area contributed by atoms with E-state index >= 15 is 0 Å². The minimum atomic E-state index is -0.494. The van der Waals surface area contributed by atoms with E-state index in [1.807, 2.05) is 31.2 Å². The third-order valence-corrected chi connectivity index (χ3v) is 2.55. The van der Waals surface area contributed by atoms with Crippen molar-refractivity contribution in [2.75, 3.05) is 10.6 Å². The normalized spacial score (nSPS) is 10.6. The number of aromatic nitrogens is 2. The van der Waals surface area contributed by atoms with Gasteiger partial charge in [-0.2, -0.15) is 5.26 Å². The topological polar surface area (TPSA) is 90.7 Å². The van der Waals surface area contributed by atoms with Crippen LogP contribution in [0.5, 0.6) is 0 Å². The van der Waals surface area contributed by atoms with Crippen molar-refractivity contribution in [1.29, 1.82) is 5.26 Å². The van der Waals surface area contributed by atoms with Gasteiger partial charge in [0.15, 0.2) is 0 Å². The van der Waals surface area contributed by atoms with Crippen LogP contribution in [0.1, 0.15) is 5.56 Å². The number of anilines is 2. The molecule has 2 rings (SSSR count). The van der Waals surface area contributed by atoms with E-state index < -0.39 is 5.91 Å². The molecule has 6 heteroatoms. The quantitative estimate of drug-likeness (QED) is 0.661. The third-order valence-electron chi connectivity index (χ3n) is 2.55. The number of benzene rings is 1. The van der Waals surface area contributed by atoms with Gasteiger partial charge >= 0.3 is 0 Å². The lowest BCUT2D eigenvalue weighted by molar-refractivity contribution is -0.112. The van der Waals surface area contributed by atoms with Crippen LogP contribution in [0.25, 0.3) is 0 Å². The van der Waals surface area contributed by atoms with Crippen LogP contribution >= 0.6 is 0 Å². The summed E-state index contributed by atoms with van der Waals surface area (Å²) in [5, 5.41) is 14.4. The van der Waals surface area contributed by atoms with Crippen molar-refractivity contribution in [1.82, 2.24) is 9.97 Å². The van der Waals surface area contributed by atoms with Gasteiger partial charge in [0.2, 0.25) is 5.95 Å². The van der Waals surface area contributed by atoms with Crippen LogP contribution in [-0.4, -0.2) is 15.9 Å². The molecule has 0 saturated heterocycles. The van der Waals surface area contributed by atoms with Gasteiger partial charge < -0.3 is 10.6 Å². The van der Waals surface area contributed by atoms with Crippen LogP contribution in [0, 0.1) is 18.3 Å². The van der Waals surface area contributed by atoms with Gasteiger partial charge in [-0.05, 0) is 30.7 Å². The molecule has 2 N–H and O–H groups in total. The molecule has 6 nitrogen and oxygen atoms in total. The number of nitriles is 1. The van der Waals surface area contributed by atoms with Crippen LogP contribution in [-0.2, 0) is 4.79 Å². The fraction of sp³-hybridized carbons (Fsp3) is 0.0667. The molecule has 1 aromatic heterocycles. The Morgan fingerprint density at radius 3 is 2.71 bits per heavy atom. The maximum absolute atomic E-state index is 12.0. The molecule has 0 radical (unpaired) electrons. The highest BCUT2D eigenvalue weighted by atomic mass is 16.1. The first-order valence-electron chi connectivity index (χ1n) is 6.21. The van der Waals surface area contributed by atoms with Crippen LogP contribution < -0.4 is 10.6 Å². The molecule has 0 aliphatic heterocycles. The zero-order valence-corrected chi connectivity index (χ0v) is 11.4. The Balaban J connectivity index is 2.07. The molecule has 0 unspecified atom stereocenters. The van der Waals surface area contributed by atoms with E-state index in [9.17, 15) is 4.79 Å². The average Bonchev–Trinajstić information content (AvgIpc) is 2.49. The Morgan fingerprint density at radius 1 is 1.29 bits per heavy atom. The van der Waals surface area contributed by atoms with Crippen LogP contribution in [0.3, 0.4) is 0 Å². The number of amides is 1. The molecule has 1 aromatic carbocycles. The first-order valence-corrected chi connectivity index (χ1v) is 6.21. The van der Waals surface area contributed by atoms with Crippen molar-refractivity contribution in [3.63, 3.8) is 0 Å². The summed E-state index contributed by atoms with van der Waals surface area (Å²) in [6, 6.07) is 10.8. The number of carbonyl (C=O) groups is 1. The van der Waals surface area contributed by atoms with Crippen molar-refractivity contribution < 1.29 is 4.79 Å². The van der Waals surface area contributed by atoms with E-state index in [1.165, 1.54) is 6.20 Å². The van der Waals surface area contributed by atoms with E-state index in [0.717, 1.165) is 5.56 Å². The number of carbonyl (C=O) groups excluding carboxylic acids is 1. The van der Waals surface area contributed by atoms with Crippen LogP contribution in [0.4, 0.5) is 11.6 Å². The number of hydrogen-bond acceptors (Lipinski definition) is 5. The lowest BCUT2D eigenvalue weighted by Crippen LogP contribution is -2.14. The summed E-state index contributed by atoms with van der Waals surface area (Å²) in [7, 11) is 0. The minimum absolute atomic E-state index is 0.0658. The van der Waals surface area contributed by atoms with Gasteiger partial charge in [0.1, 0.15) is 11.6 Å². The second-order valence-electron chi connectivity index (χ2n) is 4.21. The van der Waals surface area contributed by atoms with Crippen LogP contribution in [0.15, 0.2) is 54.5 Å². The molecule has 104 valence electrons. The zero-order chi connectivity index (χ0) is 15.1. The van der Waals surface area contributed by atoms with Gasteiger partial charge in [-0.15, -0.1) is 0 Å². The Labute approximate surface area is 122 Å². The van der Waals surface area contributed by atoms with E-state index in [1.54, 1.807) is 24.5 Å². The molecule has 2 aromatic rings. The Kier molecular flexibility index (Phi) is 4.62. The van der Waals surface area contributed by atoms with Gasteiger partial charge in [-0.25, -0.2) is 9.97 Å². The van der Waals surface area contributed by atoms with Crippen molar-refractivity contribution in [3.8, 4) is 6.07 Å². The summed E-state index contributed by atoms with van der Waals surface area (Å²) < 4.78 is 0. The Bertz CT molecular complexity index is 704. The molecule has 0 fully saturated rings. The molecule has 0 spiro atoms. The fourth-order valence-corrected chi connectivity index (χ4v) is 1.58. The van der Waals surface area contributed by atoms with Gasteiger partial charge in [-0.1, -0.05) is 12.1 Å². The molecule has 0 aliphatic rings. The number of hydrogen-bond donors (Lipinski definition) is 2. The summed E-state index contributed by atoms with van der Waals surface area (Å²) >= 11 is 0.